The number of aliphatic hydroxyl groups excluding tert-OH is 2. The van der Waals surface area contributed by atoms with Crippen LogP contribution in [0.4, 0.5) is 0 Å². The molecule has 0 unspecified atom stereocenters. The number of benzene rings is 1. The molecule has 204 valence electrons. The molecule has 3 saturated heterocycles. The predicted molar refractivity (Wildman–Crippen MR) is 136 cm³/mol. The van der Waals surface area contributed by atoms with Crippen LogP contribution in [0.1, 0.15) is 33.3 Å². The quantitative estimate of drug-likeness (QED) is 0.623. The molecule has 1 aromatic rings. The van der Waals surface area contributed by atoms with Crippen LogP contribution in [0.5, 0.6) is 0 Å². The summed E-state index contributed by atoms with van der Waals surface area (Å²) in [5.74, 6) is -1.43. The van der Waals surface area contributed by atoms with Crippen LogP contribution >= 0.6 is 0 Å². The first-order chi connectivity index (χ1) is 17.1. The molecule has 0 amide bonds. The SMILES string of the molecule is CC1(C)OC[C@@H](O)[C@H](N2CCN(Cc3ccccc3)CCN([C@@H]3COC(C)(C)OC[C@@H]3O)CC2)CO1. The topological polar surface area (TPSA) is 87.1 Å². The first kappa shape index (κ1) is 27.9. The summed E-state index contributed by atoms with van der Waals surface area (Å²) in [5.41, 5.74) is 1.27. The summed E-state index contributed by atoms with van der Waals surface area (Å²) < 4.78 is 23.6. The van der Waals surface area contributed by atoms with Crippen LogP contribution in [0.3, 0.4) is 0 Å². The van der Waals surface area contributed by atoms with E-state index in [1.165, 1.54) is 5.56 Å². The normalized spacial score (nSPS) is 33.6. The lowest BCUT2D eigenvalue weighted by Crippen LogP contribution is -2.53. The number of rotatable bonds is 4. The number of hydrogen-bond donors (Lipinski definition) is 2. The molecular weight excluding hydrogens is 462 g/mol. The van der Waals surface area contributed by atoms with Crippen molar-refractivity contribution in [3.05, 3.63) is 35.9 Å². The maximum absolute atomic E-state index is 11.0. The highest BCUT2D eigenvalue weighted by Crippen LogP contribution is 2.23. The summed E-state index contributed by atoms with van der Waals surface area (Å²) in [7, 11) is 0. The molecular formula is C27H45N3O6. The second kappa shape index (κ2) is 12.1. The van der Waals surface area contributed by atoms with Gasteiger partial charge in [-0.05, 0) is 33.3 Å². The maximum Gasteiger partial charge on any atom is 0.162 e. The van der Waals surface area contributed by atoms with Crippen molar-refractivity contribution < 1.29 is 29.2 Å². The Morgan fingerprint density at radius 1 is 0.667 bits per heavy atom. The van der Waals surface area contributed by atoms with Crippen LogP contribution in [-0.2, 0) is 25.5 Å². The van der Waals surface area contributed by atoms with E-state index >= 15 is 0 Å². The lowest BCUT2D eigenvalue weighted by Gasteiger charge is -2.36. The molecule has 0 radical (unpaired) electrons. The fourth-order valence-electron chi connectivity index (χ4n) is 5.16. The minimum absolute atomic E-state index is 0.164. The van der Waals surface area contributed by atoms with Crippen molar-refractivity contribution in [1.29, 1.82) is 0 Å². The number of hydrogen-bond acceptors (Lipinski definition) is 9. The molecule has 4 atom stereocenters. The number of nitrogens with zero attached hydrogens (tertiary/aromatic N) is 3. The molecule has 3 fully saturated rings. The van der Waals surface area contributed by atoms with Gasteiger partial charge in [-0.1, -0.05) is 30.3 Å². The Hall–Kier alpha value is -1.14. The molecule has 9 heteroatoms. The van der Waals surface area contributed by atoms with Gasteiger partial charge in [0.2, 0.25) is 0 Å². The van der Waals surface area contributed by atoms with E-state index < -0.39 is 23.8 Å². The third-order valence-electron chi connectivity index (χ3n) is 7.56. The first-order valence-electron chi connectivity index (χ1n) is 13.3. The minimum atomic E-state index is -0.713. The van der Waals surface area contributed by atoms with Gasteiger partial charge in [-0.25, -0.2) is 0 Å². The van der Waals surface area contributed by atoms with E-state index in [-0.39, 0.29) is 25.3 Å². The Balaban J connectivity index is 1.52. The van der Waals surface area contributed by atoms with E-state index in [9.17, 15) is 10.2 Å². The van der Waals surface area contributed by atoms with Crippen molar-refractivity contribution in [2.45, 2.75) is 70.1 Å². The van der Waals surface area contributed by atoms with E-state index in [1.807, 2.05) is 33.8 Å². The standard InChI is InChI=1S/C27H45N3O6/c1-26(2)33-17-22(24(31)19-35-26)29-12-10-28(16-21-8-6-5-7-9-21)11-13-30(15-14-29)23-18-34-27(3,4)36-20-25(23)32/h5-9,22-25,31-32H,10-20H2,1-4H3/t22-,23-,24-,25+/m1/s1. The summed E-state index contributed by atoms with van der Waals surface area (Å²) in [6, 6.07) is 10.2. The van der Waals surface area contributed by atoms with Gasteiger partial charge in [0, 0.05) is 45.8 Å². The van der Waals surface area contributed by atoms with Crippen molar-refractivity contribution >= 4 is 0 Å². The van der Waals surface area contributed by atoms with Gasteiger partial charge in [0.25, 0.3) is 0 Å². The highest BCUT2D eigenvalue weighted by molar-refractivity contribution is 5.14. The Morgan fingerprint density at radius 3 is 1.56 bits per heavy atom. The van der Waals surface area contributed by atoms with Gasteiger partial charge >= 0.3 is 0 Å². The molecule has 3 heterocycles. The maximum atomic E-state index is 11.0. The highest BCUT2D eigenvalue weighted by Gasteiger charge is 2.38. The van der Waals surface area contributed by atoms with E-state index in [0.29, 0.717) is 13.2 Å². The largest absolute Gasteiger partial charge is 0.389 e. The van der Waals surface area contributed by atoms with Crippen LogP contribution in [-0.4, -0.2) is 126 Å². The van der Waals surface area contributed by atoms with Gasteiger partial charge < -0.3 is 29.2 Å². The molecule has 3 aliphatic rings. The monoisotopic (exact) mass is 507 g/mol. The van der Waals surface area contributed by atoms with Crippen LogP contribution in [0, 0.1) is 0 Å². The molecule has 36 heavy (non-hydrogen) atoms. The van der Waals surface area contributed by atoms with E-state index in [2.05, 4.69) is 39.0 Å². The fraction of sp³-hybridized carbons (Fsp3) is 0.778. The average Bonchev–Trinajstić information content (AvgIpc) is 3.01. The van der Waals surface area contributed by atoms with Crippen molar-refractivity contribution in [3.8, 4) is 0 Å². The Kier molecular flexibility index (Phi) is 9.41. The molecule has 1 aromatic carbocycles. The second-order valence-corrected chi connectivity index (χ2v) is 11.1. The van der Waals surface area contributed by atoms with Crippen molar-refractivity contribution in [2.75, 3.05) is 65.7 Å². The third kappa shape index (κ3) is 7.69. The Morgan fingerprint density at radius 2 is 1.08 bits per heavy atom. The zero-order chi connectivity index (χ0) is 25.8. The summed E-state index contributed by atoms with van der Waals surface area (Å²) >= 11 is 0. The van der Waals surface area contributed by atoms with Crippen LogP contribution < -0.4 is 0 Å². The van der Waals surface area contributed by atoms with Gasteiger partial charge in [-0.2, -0.15) is 0 Å². The minimum Gasteiger partial charge on any atom is -0.389 e. The van der Waals surface area contributed by atoms with E-state index in [4.69, 9.17) is 18.9 Å². The highest BCUT2D eigenvalue weighted by atomic mass is 16.7. The Labute approximate surface area is 215 Å². The van der Waals surface area contributed by atoms with Crippen molar-refractivity contribution in [1.82, 2.24) is 14.7 Å². The zero-order valence-corrected chi connectivity index (χ0v) is 22.3. The lowest BCUT2D eigenvalue weighted by atomic mass is 10.1. The molecule has 4 rings (SSSR count). The first-order valence-corrected chi connectivity index (χ1v) is 13.3. The van der Waals surface area contributed by atoms with Crippen LogP contribution in [0.15, 0.2) is 30.3 Å². The summed E-state index contributed by atoms with van der Waals surface area (Å²) in [6.07, 6.45) is -1.27. The lowest BCUT2D eigenvalue weighted by molar-refractivity contribution is -0.205. The number of ether oxygens (including phenoxy) is 4. The molecule has 0 spiro atoms. The summed E-state index contributed by atoms with van der Waals surface area (Å²) in [6.45, 7) is 14.6. The predicted octanol–water partition coefficient (Wildman–Crippen LogP) is 1.13. The summed E-state index contributed by atoms with van der Waals surface area (Å²) in [4.78, 5) is 7.11. The average molecular weight is 508 g/mol. The smallest absolute Gasteiger partial charge is 0.162 e. The second-order valence-electron chi connectivity index (χ2n) is 11.1. The summed E-state index contributed by atoms with van der Waals surface area (Å²) in [5, 5.41) is 21.9. The Bertz CT molecular complexity index is 764. The molecule has 2 N–H and O–H groups in total. The van der Waals surface area contributed by atoms with E-state index in [1.54, 1.807) is 0 Å². The van der Waals surface area contributed by atoms with E-state index in [0.717, 1.165) is 45.8 Å². The van der Waals surface area contributed by atoms with Crippen LogP contribution in [0.25, 0.3) is 0 Å². The van der Waals surface area contributed by atoms with Crippen molar-refractivity contribution in [2.24, 2.45) is 0 Å². The zero-order valence-electron chi connectivity index (χ0n) is 22.3. The molecule has 0 saturated carbocycles. The molecule has 9 nitrogen and oxygen atoms in total. The molecule has 3 aliphatic heterocycles. The molecule has 0 aliphatic carbocycles. The van der Waals surface area contributed by atoms with Gasteiger partial charge in [-0.3, -0.25) is 14.7 Å². The molecule has 0 aromatic heterocycles. The van der Waals surface area contributed by atoms with Crippen LogP contribution in [0.2, 0.25) is 0 Å². The van der Waals surface area contributed by atoms with Gasteiger partial charge in [0.1, 0.15) is 0 Å². The third-order valence-corrected chi connectivity index (χ3v) is 7.56. The van der Waals surface area contributed by atoms with Gasteiger partial charge in [-0.15, -0.1) is 0 Å². The van der Waals surface area contributed by atoms with Crippen molar-refractivity contribution in [3.63, 3.8) is 0 Å². The number of aliphatic hydroxyl groups is 2. The fourth-order valence-corrected chi connectivity index (χ4v) is 5.16. The van der Waals surface area contributed by atoms with Gasteiger partial charge in [0.15, 0.2) is 11.6 Å². The molecule has 0 bridgehead atoms. The van der Waals surface area contributed by atoms with Gasteiger partial charge in [0.05, 0.1) is 50.7 Å².